The molecule has 1 aromatic carbocycles. The van der Waals surface area contributed by atoms with E-state index in [2.05, 4.69) is 26.2 Å². The van der Waals surface area contributed by atoms with Gasteiger partial charge in [0.05, 0.1) is 11.7 Å². The van der Waals surface area contributed by atoms with Gasteiger partial charge in [0.2, 0.25) is 0 Å². The topological polar surface area (TPSA) is 79.3 Å². The van der Waals surface area contributed by atoms with Gasteiger partial charge in [-0.25, -0.2) is 9.78 Å². The van der Waals surface area contributed by atoms with Gasteiger partial charge in [-0.05, 0) is 38.5 Å². The molecule has 1 aromatic heterocycles. The second-order valence-electron chi connectivity index (χ2n) is 4.93. The van der Waals surface area contributed by atoms with Crippen LogP contribution < -0.4 is 5.32 Å². The minimum Gasteiger partial charge on any atom is -0.477 e. The lowest BCUT2D eigenvalue weighted by Gasteiger charge is -2.11. The average molecular weight is 383 g/mol. The van der Waals surface area contributed by atoms with Crippen molar-refractivity contribution < 1.29 is 14.7 Å². The molecule has 116 valence electrons. The summed E-state index contributed by atoms with van der Waals surface area (Å²) in [5.41, 5.74) is 2.05. The third-order valence-electron chi connectivity index (χ3n) is 3.16. The quantitative estimate of drug-likeness (QED) is 0.844. The number of thiazole rings is 1. The Bertz CT molecular complexity index is 742. The van der Waals surface area contributed by atoms with Crippen LogP contribution in [0.25, 0.3) is 0 Å². The lowest BCUT2D eigenvalue weighted by Crippen LogP contribution is -2.26. The molecule has 0 aliphatic carbocycles. The Hall–Kier alpha value is -1.73. The predicted octanol–water partition coefficient (Wildman–Crippen LogP) is 3.71. The Balaban J connectivity index is 2.15. The van der Waals surface area contributed by atoms with Crippen LogP contribution in [0.3, 0.4) is 0 Å². The second kappa shape index (κ2) is 6.58. The summed E-state index contributed by atoms with van der Waals surface area (Å²) in [4.78, 5) is 27.7. The maximum atomic E-state index is 12.2. The fraction of sp³-hybridized carbons (Fsp3) is 0.267. The molecular formula is C15H15BrN2O3S. The molecule has 1 amide bonds. The van der Waals surface area contributed by atoms with Crippen LogP contribution in [-0.4, -0.2) is 22.0 Å². The summed E-state index contributed by atoms with van der Waals surface area (Å²) in [7, 11) is 0. The summed E-state index contributed by atoms with van der Waals surface area (Å²) in [6.07, 6.45) is 0. The molecule has 0 aliphatic rings. The molecule has 2 aromatic rings. The highest BCUT2D eigenvalue weighted by Crippen LogP contribution is 2.24. The number of carboxylic acid groups (broad SMARTS) is 1. The van der Waals surface area contributed by atoms with Gasteiger partial charge in [-0.2, -0.15) is 0 Å². The van der Waals surface area contributed by atoms with E-state index in [1.54, 1.807) is 26.0 Å². The number of carbonyl (C=O) groups is 2. The number of rotatable bonds is 4. The standard InChI is InChI=1S/C15H15BrN2O3S/c1-7-4-5-10(6-11(7)16)13(19)17-9(3)14-18-8(2)12(22-14)15(20)21/h4-6,9H,1-3H3,(H,17,19)(H,20,21). The molecule has 1 atom stereocenters. The zero-order valence-corrected chi connectivity index (χ0v) is 14.7. The number of benzene rings is 1. The highest BCUT2D eigenvalue weighted by molar-refractivity contribution is 9.10. The van der Waals surface area contributed by atoms with Crippen molar-refractivity contribution in [3.63, 3.8) is 0 Å². The molecule has 0 spiro atoms. The molecule has 1 unspecified atom stereocenters. The van der Waals surface area contributed by atoms with Crippen molar-refractivity contribution in [1.29, 1.82) is 0 Å². The highest BCUT2D eigenvalue weighted by atomic mass is 79.9. The van der Waals surface area contributed by atoms with Gasteiger partial charge in [0.15, 0.2) is 0 Å². The Labute approximate surface area is 140 Å². The first-order valence-electron chi connectivity index (χ1n) is 6.57. The average Bonchev–Trinajstić information content (AvgIpc) is 2.84. The van der Waals surface area contributed by atoms with Crippen molar-refractivity contribution in [2.75, 3.05) is 0 Å². The molecule has 22 heavy (non-hydrogen) atoms. The summed E-state index contributed by atoms with van der Waals surface area (Å²) in [6.45, 7) is 5.38. The molecule has 0 saturated heterocycles. The Morgan fingerprint density at radius 2 is 2.05 bits per heavy atom. The molecule has 2 rings (SSSR count). The number of aromatic carboxylic acids is 1. The third-order valence-corrected chi connectivity index (χ3v) is 5.34. The Morgan fingerprint density at radius 1 is 1.36 bits per heavy atom. The monoisotopic (exact) mass is 382 g/mol. The van der Waals surface area contributed by atoms with E-state index in [0.29, 0.717) is 16.3 Å². The van der Waals surface area contributed by atoms with E-state index in [9.17, 15) is 9.59 Å². The van der Waals surface area contributed by atoms with E-state index < -0.39 is 5.97 Å². The number of carbonyl (C=O) groups excluding carboxylic acids is 1. The number of hydrogen-bond acceptors (Lipinski definition) is 4. The van der Waals surface area contributed by atoms with Crippen molar-refractivity contribution in [2.24, 2.45) is 0 Å². The number of aryl methyl sites for hydroxylation is 2. The Morgan fingerprint density at radius 3 is 2.59 bits per heavy atom. The maximum absolute atomic E-state index is 12.2. The minimum atomic E-state index is -0.998. The molecule has 1 heterocycles. The molecule has 0 aliphatic heterocycles. The number of halogens is 1. The largest absolute Gasteiger partial charge is 0.477 e. The van der Waals surface area contributed by atoms with Crippen LogP contribution in [0.15, 0.2) is 22.7 Å². The van der Waals surface area contributed by atoms with E-state index in [0.717, 1.165) is 21.4 Å². The minimum absolute atomic E-state index is 0.203. The number of aromatic nitrogens is 1. The van der Waals surface area contributed by atoms with Crippen LogP contribution in [0.4, 0.5) is 0 Å². The zero-order chi connectivity index (χ0) is 16.4. The van der Waals surface area contributed by atoms with Crippen LogP contribution in [0.5, 0.6) is 0 Å². The third kappa shape index (κ3) is 3.53. The first kappa shape index (κ1) is 16.6. The Kier molecular flexibility index (Phi) is 4.97. The fourth-order valence-corrected chi connectivity index (χ4v) is 3.16. The van der Waals surface area contributed by atoms with Crippen molar-refractivity contribution in [3.8, 4) is 0 Å². The van der Waals surface area contributed by atoms with Gasteiger partial charge in [0, 0.05) is 10.0 Å². The number of nitrogens with one attached hydrogen (secondary N) is 1. The van der Waals surface area contributed by atoms with Gasteiger partial charge in [-0.15, -0.1) is 11.3 Å². The molecule has 0 bridgehead atoms. The molecule has 0 radical (unpaired) electrons. The van der Waals surface area contributed by atoms with Gasteiger partial charge in [-0.1, -0.05) is 22.0 Å². The second-order valence-corrected chi connectivity index (χ2v) is 6.82. The van der Waals surface area contributed by atoms with Crippen LogP contribution in [0.2, 0.25) is 0 Å². The van der Waals surface area contributed by atoms with Gasteiger partial charge in [0.25, 0.3) is 5.91 Å². The van der Waals surface area contributed by atoms with Crippen LogP contribution >= 0.6 is 27.3 Å². The first-order chi connectivity index (χ1) is 10.3. The van der Waals surface area contributed by atoms with Crippen LogP contribution in [0.1, 0.15) is 49.3 Å². The fourth-order valence-electron chi connectivity index (χ4n) is 1.88. The molecule has 7 heteroatoms. The van der Waals surface area contributed by atoms with E-state index in [-0.39, 0.29) is 16.8 Å². The zero-order valence-electron chi connectivity index (χ0n) is 12.3. The number of amides is 1. The van der Waals surface area contributed by atoms with Crippen molar-refractivity contribution in [1.82, 2.24) is 10.3 Å². The van der Waals surface area contributed by atoms with Crippen molar-refractivity contribution >= 4 is 39.1 Å². The highest BCUT2D eigenvalue weighted by Gasteiger charge is 2.19. The van der Waals surface area contributed by atoms with Gasteiger partial charge >= 0.3 is 5.97 Å². The van der Waals surface area contributed by atoms with E-state index in [1.807, 2.05) is 13.0 Å². The maximum Gasteiger partial charge on any atom is 0.347 e. The summed E-state index contributed by atoms with van der Waals surface area (Å²) in [6, 6.07) is 5.01. The van der Waals surface area contributed by atoms with E-state index in [1.165, 1.54) is 0 Å². The lowest BCUT2D eigenvalue weighted by atomic mass is 10.1. The molecule has 0 saturated carbocycles. The first-order valence-corrected chi connectivity index (χ1v) is 8.18. The molecule has 2 N–H and O–H groups in total. The summed E-state index contributed by atoms with van der Waals surface area (Å²) < 4.78 is 0.867. The normalized spacial score (nSPS) is 12.0. The van der Waals surface area contributed by atoms with Crippen LogP contribution in [0, 0.1) is 13.8 Å². The summed E-state index contributed by atoms with van der Waals surface area (Å²) in [5, 5.41) is 12.5. The van der Waals surface area contributed by atoms with Gasteiger partial charge in [0.1, 0.15) is 9.88 Å². The van der Waals surface area contributed by atoms with E-state index in [4.69, 9.17) is 5.11 Å². The van der Waals surface area contributed by atoms with Crippen molar-refractivity contribution in [2.45, 2.75) is 26.8 Å². The number of hydrogen-bond donors (Lipinski definition) is 2. The number of nitrogens with zero attached hydrogens (tertiary/aromatic N) is 1. The van der Waals surface area contributed by atoms with Crippen LogP contribution in [-0.2, 0) is 0 Å². The lowest BCUT2D eigenvalue weighted by molar-refractivity contribution is 0.0701. The number of carboxylic acids is 1. The van der Waals surface area contributed by atoms with Gasteiger partial charge < -0.3 is 10.4 Å². The van der Waals surface area contributed by atoms with E-state index >= 15 is 0 Å². The van der Waals surface area contributed by atoms with Crippen molar-refractivity contribution in [3.05, 3.63) is 49.4 Å². The molecular weight excluding hydrogens is 368 g/mol. The van der Waals surface area contributed by atoms with Gasteiger partial charge in [-0.3, -0.25) is 4.79 Å². The SMILES string of the molecule is Cc1ccc(C(=O)NC(C)c2nc(C)c(C(=O)O)s2)cc1Br. The molecule has 5 nitrogen and oxygen atoms in total. The summed E-state index contributed by atoms with van der Waals surface area (Å²) in [5.74, 6) is -1.22. The predicted molar refractivity (Wildman–Crippen MR) is 88.6 cm³/mol. The summed E-state index contributed by atoms with van der Waals surface area (Å²) >= 11 is 4.48. The molecule has 0 fully saturated rings. The smallest absolute Gasteiger partial charge is 0.347 e.